The first-order valence-corrected chi connectivity index (χ1v) is 8.33. The van der Waals surface area contributed by atoms with E-state index >= 15 is 0 Å². The first-order valence-electron chi connectivity index (χ1n) is 6.85. The summed E-state index contributed by atoms with van der Waals surface area (Å²) in [6.45, 7) is 6.57. The molecular weight excluding hydrogens is 296 g/mol. The lowest BCUT2D eigenvalue weighted by atomic mass is 10.1. The van der Waals surface area contributed by atoms with E-state index in [1.807, 2.05) is 11.6 Å². The third-order valence-corrected chi connectivity index (χ3v) is 4.47. The normalized spacial score (nSPS) is 18.0. The van der Waals surface area contributed by atoms with Crippen molar-refractivity contribution in [2.45, 2.75) is 44.7 Å². The van der Waals surface area contributed by atoms with Gasteiger partial charge in [0.15, 0.2) is 4.90 Å². The average Bonchev–Trinajstić information content (AvgIpc) is 2.80. The molecule has 0 aromatic carbocycles. The van der Waals surface area contributed by atoms with Gasteiger partial charge in [0, 0.05) is 12.0 Å². The van der Waals surface area contributed by atoms with Gasteiger partial charge in [-0.1, -0.05) is 6.92 Å². The van der Waals surface area contributed by atoms with Crippen molar-refractivity contribution in [1.82, 2.24) is 19.8 Å². The molecule has 0 saturated carbocycles. The van der Waals surface area contributed by atoms with Crippen LogP contribution in [0.1, 0.15) is 27.2 Å². The van der Waals surface area contributed by atoms with Crippen molar-refractivity contribution in [2.24, 2.45) is 5.92 Å². The second-order valence-corrected chi connectivity index (χ2v) is 6.97. The van der Waals surface area contributed by atoms with Gasteiger partial charge in [-0.3, -0.25) is 0 Å². The largest absolute Gasteiger partial charge is 0.476 e. The topological polar surface area (TPSA) is 102 Å². The third-order valence-electron chi connectivity index (χ3n) is 3.16. The molecule has 2 amide bonds. The lowest BCUT2D eigenvalue weighted by Crippen LogP contribution is -2.42. The molecule has 1 aromatic heterocycles. The Hall–Kier alpha value is -1.77. The molecule has 8 nitrogen and oxygen atoms in total. The highest BCUT2D eigenvalue weighted by molar-refractivity contribution is 7.90. The van der Waals surface area contributed by atoms with Crippen LogP contribution in [0, 0.1) is 5.92 Å². The van der Waals surface area contributed by atoms with Crippen molar-refractivity contribution in [3.63, 3.8) is 0 Å². The number of hydrogen-bond donors (Lipinski definition) is 2. The van der Waals surface area contributed by atoms with Gasteiger partial charge in [-0.2, -0.15) is 5.10 Å². The third kappa shape index (κ3) is 3.46. The number of sulfonamides is 1. The highest BCUT2D eigenvalue weighted by Gasteiger charge is 2.30. The molecule has 1 aromatic rings. The van der Waals surface area contributed by atoms with Gasteiger partial charge in [-0.05, 0) is 20.3 Å². The maximum atomic E-state index is 12.2. The van der Waals surface area contributed by atoms with Gasteiger partial charge in [0.1, 0.15) is 0 Å². The van der Waals surface area contributed by atoms with Gasteiger partial charge < -0.3 is 10.1 Å². The second kappa shape index (κ2) is 5.92. The van der Waals surface area contributed by atoms with E-state index < -0.39 is 16.1 Å². The van der Waals surface area contributed by atoms with Gasteiger partial charge >= 0.3 is 6.03 Å². The summed E-state index contributed by atoms with van der Waals surface area (Å²) in [6, 6.07) is -0.935. The molecule has 0 bridgehead atoms. The summed E-state index contributed by atoms with van der Waals surface area (Å²) in [5.74, 6) is 0.495. The minimum absolute atomic E-state index is 0.115. The Kier molecular flexibility index (Phi) is 4.40. The van der Waals surface area contributed by atoms with Crippen LogP contribution in [0.4, 0.5) is 4.79 Å². The average molecular weight is 316 g/mol. The summed E-state index contributed by atoms with van der Waals surface area (Å²) in [4.78, 5) is 11.4. The SMILES string of the molecule is CCC1COc2c(S(=O)(=O)NC(=O)NC(C)C)cnn2C1. The zero-order valence-corrected chi connectivity index (χ0v) is 13.1. The molecule has 1 unspecified atom stereocenters. The lowest BCUT2D eigenvalue weighted by Gasteiger charge is -2.23. The number of nitrogens with one attached hydrogen (secondary N) is 2. The smallest absolute Gasteiger partial charge is 0.328 e. The summed E-state index contributed by atoms with van der Waals surface area (Å²) >= 11 is 0. The number of hydrogen-bond acceptors (Lipinski definition) is 5. The van der Waals surface area contributed by atoms with Crippen LogP contribution < -0.4 is 14.8 Å². The van der Waals surface area contributed by atoms with E-state index in [0.29, 0.717) is 19.1 Å². The van der Waals surface area contributed by atoms with Crippen LogP contribution in [-0.2, 0) is 16.6 Å². The molecule has 21 heavy (non-hydrogen) atoms. The van der Waals surface area contributed by atoms with Gasteiger partial charge in [-0.15, -0.1) is 0 Å². The van der Waals surface area contributed by atoms with Gasteiger partial charge in [0.2, 0.25) is 5.88 Å². The Morgan fingerprint density at radius 2 is 2.29 bits per heavy atom. The minimum atomic E-state index is -4.00. The maximum Gasteiger partial charge on any atom is 0.328 e. The summed E-state index contributed by atoms with van der Waals surface area (Å²) < 4.78 is 33.4. The van der Waals surface area contributed by atoms with Crippen molar-refractivity contribution in [1.29, 1.82) is 0 Å². The molecule has 0 spiro atoms. The van der Waals surface area contributed by atoms with E-state index in [-0.39, 0.29) is 16.8 Å². The van der Waals surface area contributed by atoms with Crippen LogP contribution in [0.15, 0.2) is 11.1 Å². The predicted molar refractivity (Wildman–Crippen MR) is 75.5 cm³/mol. The van der Waals surface area contributed by atoms with Crippen molar-refractivity contribution >= 4 is 16.1 Å². The zero-order chi connectivity index (χ0) is 15.6. The number of ether oxygens (including phenoxy) is 1. The number of carbonyl (C=O) groups excluding carboxylic acids is 1. The molecule has 0 saturated heterocycles. The van der Waals surface area contributed by atoms with Crippen LogP contribution in [0.25, 0.3) is 0 Å². The second-order valence-electron chi connectivity index (χ2n) is 5.32. The van der Waals surface area contributed by atoms with Crippen LogP contribution in [0.3, 0.4) is 0 Å². The van der Waals surface area contributed by atoms with Crippen LogP contribution >= 0.6 is 0 Å². The van der Waals surface area contributed by atoms with Crippen LogP contribution in [-0.4, -0.2) is 36.9 Å². The molecule has 0 fully saturated rings. The lowest BCUT2D eigenvalue weighted by molar-refractivity contribution is 0.157. The van der Waals surface area contributed by atoms with E-state index in [4.69, 9.17) is 4.74 Å². The Bertz CT molecular complexity index is 623. The van der Waals surface area contributed by atoms with Crippen molar-refractivity contribution in [3.05, 3.63) is 6.20 Å². The van der Waals surface area contributed by atoms with Crippen LogP contribution in [0.5, 0.6) is 5.88 Å². The Balaban J connectivity index is 2.19. The summed E-state index contributed by atoms with van der Waals surface area (Å²) in [5.41, 5.74) is 0. The fourth-order valence-corrected chi connectivity index (χ4v) is 3.02. The summed E-state index contributed by atoms with van der Waals surface area (Å²) in [7, 11) is -4.00. The molecule has 0 aliphatic carbocycles. The fraction of sp³-hybridized carbons (Fsp3) is 0.667. The first-order chi connectivity index (χ1) is 9.83. The van der Waals surface area contributed by atoms with Crippen molar-refractivity contribution in [2.75, 3.05) is 6.61 Å². The monoisotopic (exact) mass is 316 g/mol. The molecule has 9 heteroatoms. The number of carbonyl (C=O) groups is 1. The van der Waals surface area contributed by atoms with E-state index in [1.165, 1.54) is 10.9 Å². The number of amides is 2. The number of aromatic nitrogens is 2. The van der Waals surface area contributed by atoms with E-state index in [2.05, 4.69) is 10.4 Å². The molecule has 2 N–H and O–H groups in total. The van der Waals surface area contributed by atoms with Gasteiger partial charge in [0.25, 0.3) is 10.0 Å². The minimum Gasteiger partial charge on any atom is -0.476 e. The zero-order valence-electron chi connectivity index (χ0n) is 12.3. The Labute approximate surface area is 123 Å². The number of nitrogens with zero attached hydrogens (tertiary/aromatic N) is 2. The first kappa shape index (κ1) is 15.6. The predicted octanol–water partition coefficient (Wildman–Crippen LogP) is 0.698. The highest BCUT2D eigenvalue weighted by atomic mass is 32.2. The number of rotatable bonds is 4. The molecule has 2 rings (SSSR count). The van der Waals surface area contributed by atoms with E-state index in [0.717, 1.165) is 6.42 Å². The summed E-state index contributed by atoms with van der Waals surface area (Å²) in [6.07, 6.45) is 2.13. The van der Waals surface area contributed by atoms with Gasteiger partial charge in [0.05, 0.1) is 19.3 Å². The molecular formula is C12H20N4O4S. The number of urea groups is 1. The van der Waals surface area contributed by atoms with E-state index in [9.17, 15) is 13.2 Å². The fourth-order valence-electron chi connectivity index (χ4n) is 2.03. The van der Waals surface area contributed by atoms with Crippen LogP contribution in [0.2, 0.25) is 0 Å². The van der Waals surface area contributed by atoms with E-state index in [1.54, 1.807) is 13.8 Å². The molecule has 1 aliphatic rings. The molecule has 0 radical (unpaired) electrons. The maximum absolute atomic E-state index is 12.2. The molecule has 1 atom stereocenters. The number of fused-ring (bicyclic) bond motifs is 1. The quantitative estimate of drug-likeness (QED) is 0.851. The molecule has 118 valence electrons. The van der Waals surface area contributed by atoms with Gasteiger partial charge in [-0.25, -0.2) is 22.6 Å². The van der Waals surface area contributed by atoms with Crippen molar-refractivity contribution in [3.8, 4) is 5.88 Å². The van der Waals surface area contributed by atoms with Crippen molar-refractivity contribution < 1.29 is 17.9 Å². The molecule has 1 aliphatic heterocycles. The summed E-state index contributed by atoms with van der Waals surface area (Å²) in [5, 5.41) is 6.49. The highest BCUT2D eigenvalue weighted by Crippen LogP contribution is 2.28. The Morgan fingerprint density at radius 1 is 1.57 bits per heavy atom. The molecule has 2 heterocycles. The standard InChI is InChI=1S/C12H20N4O4S/c1-4-9-6-16-11(20-7-9)10(5-13-16)21(18,19)15-12(17)14-8(2)3/h5,8-9H,4,6-7H2,1-3H3,(H2,14,15,17). The Morgan fingerprint density at radius 3 is 2.90 bits per heavy atom.